The molecule has 0 bridgehead atoms. The van der Waals surface area contributed by atoms with Crippen LogP contribution in [0, 0.1) is 5.92 Å². The topological polar surface area (TPSA) is 75.7 Å². The first kappa shape index (κ1) is 22.9. The van der Waals surface area contributed by atoms with Gasteiger partial charge in [0.05, 0.1) is 23.1 Å². The predicted octanol–water partition coefficient (Wildman–Crippen LogP) is 4.06. The number of hydrogen-bond donors (Lipinski definition) is 1. The second-order valence-corrected chi connectivity index (χ2v) is 11.2. The van der Waals surface area contributed by atoms with Crippen molar-refractivity contribution in [3.63, 3.8) is 0 Å². The number of carbonyl (C=O) groups is 1. The maximum Gasteiger partial charge on any atom is 0.251 e. The fourth-order valence-electron chi connectivity index (χ4n) is 3.70. The Morgan fingerprint density at radius 2 is 1.80 bits per heavy atom. The minimum atomic E-state index is -3.62. The molecule has 3 unspecified atom stereocenters. The number of sulfonamides is 1. The van der Waals surface area contributed by atoms with E-state index in [4.69, 9.17) is 4.74 Å². The number of benzene rings is 1. The highest BCUT2D eigenvalue weighted by Gasteiger charge is 2.32. The van der Waals surface area contributed by atoms with Crippen LogP contribution in [-0.4, -0.2) is 43.9 Å². The summed E-state index contributed by atoms with van der Waals surface area (Å²) in [6.45, 7) is 8.64. The van der Waals surface area contributed by atoms with Crippen LogP contribution in [0.15, 0.2) is 46.7 Å². The van der Waals surface area contributed by atoms with Gasteiger partial charge in [-0.05, 0) is 61.9 Å². The lowest BCUT2D eigenvalue weighted by atomic mass is 10.0. The van der Waals surface area contributed by atoms with Crippen LogP contribution in [-0.2, 0) is 14.8 Å². The number of hydrogen-bond acceptors (Lipinski definition) is 5. The third-order valence-electron chi connectivity index (χ3n) is 5.04. The molecule has 1 aromatic heterocycles. The Kier molecular flexibility index (Phi) is 7.34. The van der Waals surface area contributed by atoms with Crippen molar-refractivity contribution in [2.24, 2.45) is 5.92 Å². The van der Waals surface area contributed by atoms with Crippen molar-refractivity contribution in [3.8, 4) is 0 Å². The van der Waals surface area contributed by atoms with E-state index in [1.54, 1.807) is 23.5 Å². The molecule has 164 valence electrons. The van der Waals surface area contributed by atoms with Gasteiger partial charge in [-0.15, -0.1) is 11.3 Å². The summed E-state index contributed by atoms with van der Waals surface area (Å²) >= 11 is 1.62. The van der Waals surface area contributed by atoms with E-state index in [1.807, 2.05) is 31.4 Å². The van der Waals surface area contributed by atoms with Gasteiger partial charge in [-0.3, -0.25) is 4.79 Å². The summed E-state index contributed by atoms with van der Waals surface area (Å²) in [5, 5.41) is 5.10. The van der Waals surface area contributed by atoms with Crippen molar-refractivity contribution in [2.45, 2.75) is 57.3 Å². The van der Waals surface area contributed by atoms with Crippen LogP contribution in [0.5, 0.6) is 0 Å². The summed E-state index contributed by atoms with van der Waals surface area (Å²) < 4.78 is 33.1. The van der Waals surface area contributed by atoms with Crippen molar-refractivity contribution < 1.29 is 17.9 Å². The summed E-state index contributed by atoms with van der Waals surface area (Å²) in [4.78, 5) is 14.1. The second-order valence-electron chi connectivity index (χ2n) is 8.27. The molecule has 1 N–H and O–H groups in total. The fourth-order valence-corrected chi connectivity index (χ4v) is 6.08. The molecule has 0 saturated carbocycles. The third-order valence-corrected chi connectivity index (χ3v) is 7.87. The lowest BCUT2D eigenvalue weighted by molar-refractivity contribution is -0.0440. The maximum absolute atomic E-state index is 13.0. The molecular formula is C22H30N2O4S2. The summed E-state index contributed by atoms with van der Waals surface area (Å²) in [7, 11) is -3.62. The Hall–Kier alpha value is -1.74. The summed E-state index contributed by atoms with van der Waals surface area (Å²) in [6.07, 6.45) is 0.541. The molecule has 2 aromatic rings. The zero-order valence-corrected chi connectivity index (χ0v) is 19.5. The Morgan fingerprint density at radius 3 is 2.33 bits per heavy atom. The molecule has 1 aliphatic rings. The third kappa shape index (κ3) is 5.49. The highest BCUT2D eigenvalue weighted by atomic mass is 32.2. The van der Waals surface area contributed by atoms with Crippen LogP contribution in [0.4, 0.5) is 0 Å². The largest absolute Gasteiger partial charge is 0.373 e. The molecule has 0 aliphatic carbocycles. The molecule has 1 amide bonds. The molecular weight excluding hydrogens is 420 g/mol. The molecule has 1 fully saturated rings. The van der Waals surface area contributed by atoms with Crippen LogP contribution in [0.3, 0.4) is 0 Å². The number of ether oxygens (including phenoxy) is 1. The van der Waals surface area contributed by atoms with E-state index in [0.29, 0.717) is 24.6 Å². The zero-order valence-electron chi connectivity index (χ0n) is 17.9. The van der Waals surface area contributed by atoms with Gasteiger partial charge in [0.2, 0.25) is 10.0 Å². The van der Waals surface area contributed by atoms with Gasteiger partial charge >= 0.3 is 0 Å². The van der Waals surface area contributed by atoms with E-state index in [1.165, 1.54) is 16.4 Å². The molecule has 0 spiro atoms. The fraction of sp³-hybridized carbons (Fsp3) is 0.500. The lowest BCUT2D eigenvalue weighted by Gasteiger charge is -2.34. The Labute approximate surface area is 183 Å². The number of amides is 1. The van der Waals surface area contributed by atoms with Crippen molar-refractivity contribution in [1.29, 1.82) is 0 Å². The average molecular weight is 451 g/mol. The molecule has 1 aromatic carbocycles. The molecule has 6 nitrogen and oxygen atoms in total. The monoisotopic (exact) mass is 450 g/mol. The molecule has 30 heavy (non-hydrogen) atoms. The lowest BCUT2D eigenvalue weighted by Crippen LogP contribution is -2.48. The first-order valence-corrected chi connectivity index (χ1v) is 12.6. The quantitative estimate of drug-likeness (QED) is 0.690. The number of nitrogens with zero attached hydrogens (tertiary/aromatic N) is 1. The molecule has 8 heteroatoms. The molecule has 3 rings (SSSR count). The highest BCUT2D eigenvalue weighted by Crippen LogP contribution is 2.26. The molecule has 0 radical (unpaired) electrons. The Morgan fingerprint density at radius 1 is 1.17 bits per heavy atom. The molecule has 1 saturated heterocycles. The number of nitrogens with one attached hydrogen (secondary N) is 1. The van der Waals surface area contributed by atoms with Gasteiger partial charge in [-0.2, -0.15) is 4.31 Å². The SMILES string of the molecule is CC(C)CC(NC(=O)c1ccc(S(=O)(=O)N2CC(C)OC(C)C2)cc1)c1cccs1. The van der Waals surface area contributed by atoms with Gasteiger partial charge in [0.1, 0.15) is 0 Å². The van der Waals surface area contributed by atoms with Gasteiger partial charge in [0, 0.05) is 23.5 Å². The van der Waals surface area contributed by atoms with Gasteiger partial charge < -0.3 is 10.1 Å². The summed E-state index contributed by atoms with van der Waals surface area (Å²) in [6, 6.07) is 10.1. The number of rotatable bonds is 7. The zero-order chi connectivity index (χ0) is 21.9. The molecule has 1 aliphatic heterocycles. The van der Waals surface area contributed by atoms with E-state index in [-0.39, 0.29) is 29.1 Å². The van der Waals surface area contributed by atoms with Gasteiger partial charge in [0.15, 0.2) is 0 Å². The van der Waals surface area contributed by atoms with Crippen LogP contribution >= 0.6 is 11.3 Å². The van der Waals surface area contributed by atoms with Crippen LogP contribution in [0.25, 0.3) is 0 Å². The van der Waals surface area contributed by atoms with Crippen molar-refractivity contribution >= 4 is 27.3 Å². The first-order chi connectivity index (χ1) is 14.2. The van der Waals surface area contributed by atoms with Crippen molar-refractivity contribution in [3.05, 3.63) is 52.2 Å². The predicted molar refractivity (Wildman–Crippen MR) is 119 cm³/mol. The van der Waals surface area contributed by atoms with Crippen LogP contribution < -0.4 is 5.32 Å². The van der Waals surface area contributed by atoms with E-state index in [0.717, 1.165) is 11.3 Å². The van der Waals surface area contributed by atoms with Gasteiger partial charge in [0.25, 0.3) is 5.91 Å². The molecule has 3 atom stereocenters. The second kappa shape index (κ2) is 9.60. The Balaban J connectivity index is 1.73. The minimum absolute atomic E-state index is 0.0581. The van der Waals surface area contributed by atoms with E-state index < -0.39 is 10.0 Å². The minimum Gasteiger partial charge on any atom is -0.373 e. The van der Waals surface area contributed by atoms with Crippen molar-refractivity contribution in [1.82, 2.24) is 9.62 Å². The van der Waals surface area contributed by atoms with Crippen molar-refractivity contribution in [2.75, 3.05) is 13.1 Å². The van der Waals surface area contributed by atoms with E-state index in [2.05, 4.69) is 19.2 Å². The van der Waals surface area contributed by atoms with E-state index in [9.17, 15) is 13.2 Å². The maximum atomic E-state index is 13.0. The summed E-state index contributed by atoms with van der Waals surface area (Å²) in [5.74, 6) is 0.231. The van der Waals surface area contributed by atoms with E-state index >= 15 is 0 Å². The molecule has 2 heterocycles. The first-order valence-electron chi connectivity index (χ1n) is 10.3. The summed E-state index contributed by atoms with van der Waals surface area (Å²) in [5.41, 5.74) is 0.447. The van der Waals surface area contributed by atoms with Crippen LogP contribution in [0.1, 0.15) is 55.4 Å². The Bertz CT molecular complexity index is 930. The standard InChI is InChI=1S/C22H30N2O4S2/c1-15(2)12-20(21-6-5-11-29-21)23-22(25)18-7-9-19(10-8-18)30(26,27)24-13-16(3)28-17(4)14-24/h5-11,15-17,20H,12-14H2,1-4H3,(H,23,25). The van der Waals surface area contributed by atoms with Gasteiger partial charge in [-0.25, -0.2) is 8.42 Å². The van der Waals surface area contributed by atoms with Crippen LogP contribution in [0.2, 0.25) is 0 Å². The number of morpholine rings is 1. The normalized spacial score (nSPS) is 21.5. The number of carbonyl (C=O) groups excluding carboxylic acids is 1. The smallest absolute Gasteiger partial charge is 0.251 e. The number of thiophene rings is 1. The highest BCUT2D eigenvalue weighted by molar-refractivity contribution is 7.89. The van der Waals surface area contributed by atoms with Gasteiger partial charge in [-0.1, -0.05) is 19.9 Å². The average Bonchev–Trinajstić information content (AvgIpc) is 3.21.